The third-order valence-corrected chi connectivity index (χ3v) is 5.05. The molecule has 9 heteroatoms. The van der Waals surface area contributed by atoms with Gasteiger partial charge in [-0.3, -0.25) is 9.59 Å². The molecule has 0 radical (unpaired) electrons. The fourth-order valence-electron chi connectivity index (χ4n) is 3.38. The molecule has 154 valence electrons. The lowest BCUT2D eigenvalue weighted by atomic mass is 10.1. The van der Waals surface area contributed by atoms with Crippen LogP contribution in [0, 0.1) is 0 Å². The van der Waals surface area contributed by atoms with Crippen LogP contribution in [-0.2, 0) is 9.59 Å². The predicted molar refractivity (Wildman–Crippen MR) is 113 cm³/mol. The normalized spacial score (nSPS) is 15.2. The van der Waals surface area contributed by atoms with Crippen molar-refractivity contribution in [3.63, 3.8) is 0 Å². The van der Waals surface area contributed by atoms with Gasteiger partial charge in [-0.05, 0) is 35.9 Å². The lowest BCUT2D eigenvalue weighted by Gasteiger charge is -2.24. The van der Waals surface area contributed by atoms with Crippen LogP contribution >= 0.6 is 11.6 Å². The number of ether oxygens (including phenoxy) is 2. The summed E-state index contributed by atoms with van der Waals surface area (Å²) in [6.07, 6.45) is 1.59. The summed E-state index contributed by atoms with van der Waals surface area (Å²) in [7, 11) is 3.11. The van der Waals surface area contributed by atoms with Gasteiger partial charge in [0.05, 0.1) is 26.8 Å². The van der Waals surface area contributed by atoms with Gasteiger partial charge in [0.15, 0.2) is 11.5 Å². The predicted octanol–water partition coefficient (Wildman–Crippen LogP) is 3.74. The number of methoxy groups -OCH3 is 2. The molecule has 1 aromatic heterocycles. The monoisotopic (exact) mass is 426 g/mol. The van der Waals surface area contributed by atoms with E-state index in [1.54, 1.807) is 56.8 Å². The van der Waals surface area contributed by atoms with Gasteiger partial charge in [0.1, 0.15) is 11.9 Å². The second-order valence-electron chi connectivity index (χ2n) is 6.69. The quantitative estimate of drug-likeness (QED) is 0.648. The first kappa shape index (κ1) is 19.8. The Morgan fingerprint density at radius 1 is 1.20 bits per heavy atom. The van der Waals surface area contributed by atoms with Crippen molar-refractivity contribution in [1.29, 1.82) is 0 Å². The van der Waals surface area contributed by atoms with Crippen LogP contribution in [0.4, 0.5) is 11.5 Å². The van der Waals surface area contributed by atoms with E-state index in [4.69, 9.17) is 21.1 Å². The van der Waals surface area contributed by atoms with E-state index in [0.717, 1.165) is 5.56 Å². The van der Waals surface area contributed by atoms with E-state index in [1.807, 2.05) is 6.07 Å². The number of nitrogens with one attached hydrogen (secondary N) is 2. The topological polar surface area (TPSA) is 94.5 Å². The molecule has 8 nitrogen and oxygen atoms in total. The van der Waals surface area contributed by atoms with Gasteiger partial charge in [0.2, 0.25) is 11.8 Å². The lowest BCUT2D eigenvalue weighted by molar-refractivity contribution is -0.125. The van der Waals surface area contributed by atoms with Crippen LogP contribution in [0.15, 0.2) is 48.7 Å². The van der Waals surface area contributed by atoms with Crippen LogP contribution in [0.5, 0.6) is 11.5 Å². The molecule has 0 unspecified atom stereocenters. The maximum absolute atomic E-state index is 12.9. The van der Waals surface area contributed by atoms with Crippen LogP contribution in [0.1, 0.15) is 12.5 Å². The van der Waals surface area contributed by atoms with Gasteiger partial charge in [-0.1, -0.05) is 23.7 Å². The number of fused-ring (bicyclic) bond motifs is 1. The molecule has 0 fully saturated rings. The van der Waals surface area contributed by atoms with Crippen molar-refractivity contribution < 1.29 is 19.1 Å². The molecule has 0 saturated carbocycles. The second kappa shape index (κ2) is 8.08. The van der Waals surface area contributed by atoms with Crippen molar-refractivity contribution in [1.82, 2.24) is 9.78 Å². The molecule has 0 saturated heterocycles. The Morgan fingerprint density at radius 3 is 2.73 bits per heavy atom. The molecular weight excluding hydrogens is 408 g/mol. The molecule has 2 N–H and O–H groups in total. The maximum Gasteiger partial charge on any atom is 0.249 e. The molecule has 2 aromatic carbocycles. The fourth-order valence-corrected chi connectivity index (χ4v) is 3.57. The third kappa shape index (κ3) is 3.69. The van der Waals surface area contributed by atoms with Gasteiger partial charge in [-0.15, -0.1) is 0 Å². The van der Waals surface area contributed by atoms with Gasteiger partial charge in [0.25, 0.3) is 0 Å². The van der Waals surface area contributed by atoms with E-state index in [0.29, 0.717) is 33.6 Å². The molecule has 1 aliphatic heterocycles. The maximum atomic E-state index is 12.9. The smallest absolute Gasteiger partial charge is 0.249 e. The van der Waals surface area contributed by atoms with E-state index < -0.39 is 6.04 Å². The Morgan fingerprint density at radius 2 is 2.00 bits per heavy atom. The van der Waals surface area contributed by atoms with Crippen LogP contribution < -0.4 is 20.1 Å². The summed E-state index contributed by atoms with van der Waals surface area (Å²) < 4.78 is 12.2. The van der Waals surface area contributed by atoms with Gasteiger partial charge in [-0.25, -0.2) is 4.68 Å². The van der Waals surface area contributed by atoms with E-state index in [-0.39, 0.29) is 18.2 Å². The lowest BCUT2D eigenvalue weighted by Crippen LogP contribution is -2.35. The fraction of sp³-hybridized carbons (Fsp3) is 0.190. The van der Waals surface area contributed by atoms with Gasteiger partial charge in [-0.2, -0.15) is 5.10 Å². The summed E-state index contributed by atoms with van der Waals surface area (Å²) in [4.78, 5) is 25.2. The number of hydrogen-bond acceptors (Lipinski definition) is 5. The molecule has 2 amide bonds. The molecule has 30 heavy (non-hydrogen) atoms. The van der Waals surface area contributed by atoms with Crippen LogP contribution in [0.2, 0.25) is 5.02 Å². The van der Waals surface area contributed by atoms with E-state index in [9.17, 15) is 9.59 Å². The average molecular weight is 427 g/mol. The molecule has 3 aromatic rings. The highest BCUT2D eigenvalue weighted by Crippen LogP contribution is 2.38. The largest absolute Gasteiger partial charge is 0.493 e. The highest BCUT2D eigenvalue weighted by atomic mass is 35.5. The van der Waals surface area contributed by atoms with Crippen LogP contribution in [-0.4, -0.2) is 35.8 Å². The Kier molecular flexibility index (Phi) is 5.33. The zero-order valence-electron chi connectivity index (χ0n) is 16.3. The summed E-state index contributed by atoms with van der Waals surface area (Å²) in [6.45, 7) is 0. The van der Waals surface area contributed by atoms with Crippen molar-refractivity contribution in [3.8, 4) is 22.6 Å². The molecule has 2 heterocycles. The molecule has 0 bridgehead atoms. The van der Waals surface area contributed by atoms with Crippen LogP contribution in [0.25, 0.3) is 11.1 Å². The molecule has 1 atom stereocenters. The first-order valence-corrected chi connectivity index (χ1v) is 9.54. The summed E-state index contributed by atoms with van der Waals surface area (Å²) in [5.74, 6) is 0.966. The number of carbonyl (C=O) groups is 2. The number of halogens is 1. The van der Waals surface area contributed by atoms with E-state index in [2.05, 4.69) is 15.7 Å². The number of carbonyl (C=O) groups excluding carboxylic acids is 2. The first-order valence-electron chi connectivity index (χ1n) is 9.16. The number of benzene rings is 2. The van der Waals surface area contributed by atoms with Crippen molar-refractivity contribution >= 4 is 34.9 Å². The van der Waals surface area contributed by atoms with Crippen LogP contribution in [0.3, 0.4) is 0 Å². The van der Waals surface area contributed by atoms with Crippen molar-refractivity contribution in [3.05, 3.63) is 53.7 Å². The molecule has 1 aliphatic rings. The second-order valence-corrected chi connectivity index (χ2v) is 7.13. The number of nitrogens with zero attached hydrogens (tertiary/aromatic N) is 2. The standard InChI is InChI=1S/C21H19ClN4O4/c1-29-17-7-6-12(8-18(17)30-2)15-11-23-26-16(10-19(27)25-20(15)26)21(28)24-14-5-3-4-13(22)9-14/h3-9,11,16H,10H2,1-2H3,(H,24,28)(H,25,27)/t16-/m0/s1. The average Bonchev–Trinajstić information content (AvgIpc) is 3.16. The summed E-state index contributed by atoms with van der Waals surface area (Å²) in [5.41, 5.74) is 1.99. The number of anilines is 2. The molecule has 0 aliphatic carbocycles. The molecule has 0 spiro atoms. The summed E-state index contributed by atoms with van der Waals surface area (Å²) >= 11 is 5.98. The minimum atomic E-state index is -0.790. The summed E-state index contributed by atoms with van der Waals surface area (Å²) in [5, 5.41) is 10.5. The zero-order chi connectivity index (χ0) is 21.3. The zero-order valence-corrected chi connectivity index (χ0v) is 17.1. The van der Waals surface area contributed by atoms with Gasteiger partial charge < -0.3 is 20.1 Å². The van der Waals surface area contributed by atoms with E-state index in [1.165, 1.54) is 4.68 Å². The summed E-state index contributed by atoms with van der Waals surface area (Å²) in [6, 6.07) is 11.4. The SMILES string of the molecule is COc1ccc(-c2cnn3c2NC(=O)C[C@H]3C(=O)Nc2cccc(Cl)c2)cc1OC. The third-order valence-electron chi connectivity index (χ3n) is 4.82. The number of rotatable bonds is 5. The molecule has 4 rings (SSSR count). The first-order chi connectivity index (χ1) is 14.5. The van der Waals surface area contributed by atoms with Crippen molar-refractivity contribution in [2.45, 2.75) is 12.5 Å². The van der Waals surface area contributed by atoms with Crippen molar-refractivity contribution in [2.24, 2.45) is 0 Å². The van der Waals surface area contributed by atoms with Gasteiger partial charge in [0, 0.05) is 16.3 Å². The molecular formula is C21H19ClN4O4. The number of aromatic nitrogens is 2. The minimum Gasteiger partial charge on any atom is -0.493 e. The Balaban J connectivity index is 1.67. The highest BCUT2D eigenvalue weighted by Gasteiger charge is 2.33. The minimum absolute atomic E-state index is 0.0214. The number of amides is 2. The van der Waals surface area contributed by atoms with Crippen molar-refractivity contribution in [2.75, 3.05) is 24.9 Å². The Bertz CT molecular complexity index is 1130. The Labute approximate surface area is 177 Å². The van der Waals surface area contributed by atoms with Gasteiger partial charge >= 0.3 is 0 Å². The van der Waals surface area contributed by atoms with E-state index >= 15 is 0 Å². The number of hydrogen-bond donors (Lipinski definition) is 2. The highest BCUT2D eigenvalue weighted by molar-refractivity contribution is 6.30. The Hall–Kier alpha value is -3.52.